The van der Waals surface area contributed by atoms with Gasteiger partial charge in [-0.15, -0.1) is 0 Å². The molecule has 0 amide bonds. The van der Waals surface area contributed by atoms with Crippen LogP contribution in [0, 0.1) is 0 Å². The van der Waals surface area contributed by atoms with Crippen LogP contribution in [0.25, 0.3) is 0 Å². The standard InChI is InChI=1S/C6H11NO3/c8-4-10-6-3-7-2-1-5(6)9/h4-7,9H,1-3H2. The van der Waals surface area contributed by atoms with Crippen molar-refractivity contribution in [3.05, 3.63) is 0 Å². The number of aliphatic hydroxyl groups is 1. The minimum atomic E-state index is -0.494. The number of carbonyl (C=O) groups excluding carboxylic acids is 1. The molecule has 0 bridgehead atoms. The van der Waals surface area contributed by atoms with E-state index in [0.29, 0.717) is 19.4 Å². The van der Waals surface area contributed by atoms with E-state index in [9.17, 15) is 9.90 Å². The first-order valence-electron chi connectivity index (χ1n) is 3.32. The first kappa shape index (κ1) is 7.50. The molecule has 10 heavy (non-hydrogen) atoms. The highest BCUT2D eigenvalue weighted by molar-refractivity contribution is 5.37. The Bertz CT molecular complexity index is 118. The van der Waals surface area contributed by atoms with E-state index in [1.54, 1.807) is 0 Å². The van der Waals surface area contributed by atoms with Crippen LogP contribution >= 0.6 is 0 Å². The van der Waals surface area contributed by atoms with Gasteiger partial charge in [0.2, 0.25) is 0 Å². The first-order valence-corrected chi connectivity index (χ1v) is 3.32. The summed E-state index contributed by atoms with van der Waals surface area (Å²) in [6.07, 6.45) is -0.198. The fraction of sp³-hybridized carbons (Fsp3) is 0.833. The number of hydrogen-bond acceptors (Lipinski definition) is 4. The van der Waals surface area contributed by atoms with Gasteiger partial charge in [-0.25, -0.2) is 0 Å². The number of hydrogen-bond donors (Lipinski definition) is 2. The van der Waals surface area contributed by atoms with Crippen LogP contribution in [0.5, 0.6) is 0 Å². The number of ether oxygens (including phenoxy) is 1. The summed E-state index contributed by atoms with van der Waals surface area (Å²) in [6, 6.07) is 0. The maximum Gasteiger partial charge on any atom is 0.293 e. The van der Waals surface area contributed by atoms with Crippen molar-refractivity contribution < 1.29 is 14.6 Å². The minimum Gasteiger partial charge on any atom is -0.460 e. The lowest BCUT2D eigenvalue weighted by Gasteiger charge is -2.26. The fourth-order valence-electron chi connectivity index (χ4n) is 1.03. The number of rotatable bonds is 2. The van der Waals surface area contributed by atoms with Crippen LogP contribution in [0.3, 0.4) is 0 Å². The van der Waals surface area contributed by atoms with Gasteiger partial charge in [-0.05, 0) is 13.0 Å². The van der Waals surface area contributed by atoms with E-state index in [1.807, 2.05) is 0 Å². The third-order valence-electron chi connectivity index (χ3n) is 1.62. The van der Waals surface area contributed by atoms with Gasteiger partial charge >= 0.3 is 0 Å². The average molecular weight is 145 g/mol. The maximum absolute atomic E-state index is 9.86. The van der Waals surface area contributed by atoms with Crippen LogP contribution in [0.4, 0.5) is 0 Å². The van der Waals surface area contributed by atoms with Crippen molar-refractivity contribution in [1.82, 2.24) is 5.32 Å². The summed E-state index contributed by atoms with van der Waals surface area (Å²) in [5, 5.41) is 12.2. The molecular weight excluding hydrogens is 134 g/mol. The van der Waals surface area contributed by atoms with Crippen molar-refractivity contribution in [2.24, 2.45) is 0 Å². The number of aliphatic hydroxyl groups excluding tert-OH is 1. The molecule has 0 radical (unpaired) electrons. The van der Waals surface area contributed by atoms with Crippen LogP contribution in [0.15, 0.2) is 0 Å². The van der Waals surface area contributed by atoms with E-state index < -0.39 is 6.10 Å². The monoisotopic (exact) mass is 145 g/mol. The number of nitrogens with one attached hydrogen (secondary N) is 1. The normalized spacial score (nSPS) is 33.3. The molecular formula is C6H11NO3. The Morgan fingerprint density at radius 3 is 3.10 bits per heavy atom. The lowest BCUT2D eigenvalue weighted by atomic mass is 10.1. The van der Waals surface area contributed by atoms with Gasteiger partial charge in [-0.2, -0.15) is 0 Å². The van der Waals surface area contributed by atoms with Gasteiger partial charge in [-0.1, -0.05) is 0 Å². The second-order valence-electron chi connectivity index (χ2n) is 2.33. The summed E-state index contributed by atoms with van der Waals surface area (Å²) < 4.78 is 4.60. The zero-order valence-corrected chi connectivity index (χ0v) is 5.62. The lowest BCUT2D eigenvalue weighted by Crippen LogP contribution is -2.45. The van der Waals surface area contributed by atoms with Crippen molar-refractivity contribution in [2.75, 3.05) is 13.1 Å². The molecule has 0 aromatic heterocycles. The SMILES string of the molecule is O=COC1CNCCC1O. The highest BCUT2D eigenvalue weighted by atomic mass is 16.5. The largest absolute Gasteiger partial charge is 0.460 e. The molecule has 1 rings (SSSR count). The van der Waals surface area contributed by atoms with Gasteiger partial charge < -0.3 is 15.2 Å². The molecule has 0 aromatic carbocycles. The molecule has 1 fully saturated rings. The third-order valence-corrected chi connectivity index (χ3v) is 1.62. The van der Waals surface area contributed by atoms with Gasteiger partial charge in [-0.3, -0.25) is 4.79 Å². The molecule has 1 aliphatic rings. The Kier molecular flexibility index (Phi) is 2.65. The Morgan fingerprint density at radius 2 is 2.50 bits per heavy atom. The molecule has 2 atom stereocenters. The Balaban J connectivity index is 2.32. The molecule has 1 aliphatic heterocycles. The van der Waals surface area contributed by atoms with Crippen LogP contribution < -0.4 is 5.32 Å². The molecule has 0 saturated carbocycles. The van der Waals surface area contributed by atoms with Crippen molar-refractivity contribution >= 4 is 6.47 Å². The van der Waals surface area contributed by atoms with Crippen molar-refractivity contribution in [3.63, 3.8) is 0 Å². The summed E-state index contributed by atoms with van der Waals surface area (Å²) in [5.74, 6) is 0. The molecule has 1 saturated heterocycles. The van der Waals surface area contributed by atoms with E-state index in [1.165, 1.54) is 0 Å². The van der Waals surface area contributed by atoms with Crippen LogP contribution in [0.2, 0.25) is 0 Å². The van der Waals surface area contributed by atoms with E-state index in [0.717, 1.165) is 6.54 Å². The highest BCUT2D eigenvalue weighted by Crippen LogP contribution is 2.05. The van der Waals surface area contributed by atoms with Gasteiger partial charge in [0.05, 0.1) is 6.10 Å². The predicted octanol–water partition coefficient (Wildman–Crippen LogP) is -1.12. The summed E-state index contributed by atoms with van der Waals surface area (Å²) in [7, 11) is 0. The summed E-state index contributed by atoms with van der Waals surface area (Å²) in [6.45, 7) is 1.72. The lowest BCUT2D eigenvalue weighted by molar-refractivity contribution is -0.140. The fourth-order valence-corrected chi connectivity index (χ4v) is 1.03. The smallest absolute Gasteiger partial charge is 0.293 e. The van der Waals surface area contributed by atoms with Gasteiger partial charge in [0, 0.05) is 6.54 Å². The van der Waals surface area contributed by atoms with Gasteiger partial charge in [0.1, 0.15) is 6.10 Å². The van der Waals surface area contributed by atoms with Crippen molar-refractivity contribution in [3.8, 4) is 0 Å². The van der Waals surface area contributed by atoms with Crippen LogP contribution in [-0.2, 0) is 9.53 Å². The molecule has 0 aliphatic carbocycles. The van der Waals surface area contributed by atoms with Crippen molar-refractivity contribution in [1.29, 1.82) is 0 Å². The molecule has 0 spiro atoms. The van der Waals surface area contributed by atoms with Crippen LogP contribution in [-0.4, -0.2) is 36.9 Å². The molecule has 2 unspecified atom stereocenters. The Hall–Kier alpha value is -0.610. The van der Waals surface area contributed by atoms with E-state index >= 15 is 0 Å². The second-order valence-corrected chi connectivity index (χ2v) is 2.33. The predicted molar refractivity (Wildman–Crippen MR) is 34.4 cm³/mol. The summed E-state index contributed by atoms with van der Waals surface area (Å²) >= 11 is 0. The average Bonchev–Trinajstić information content (AvgIpc) is 1.94. The zero-order chi connectivity index (χ0) is 7.40. The summed E-state index contributed by atoms with van der Waals surface area (Å²) in [5.41, 5.74) is 0. The maximum atomic E-state index is 9.86. The zero-order valence-electron chi connectivity index (χ0n) is 5.62. The third kappa shape index (κ3) is 1.68. The first-order chi connectivity index (χ1) is 4.84. The van der Waals surface area contributed by atoms with Gasteiger partial charge in [0.25, 0.3) is 6.47 Å². The van der Waals surface area contributed by atoms with Crippen molar-refractivity contribution in [2.45, 2.75) is 18.6 Å². The molecule has 2 N–H and O–H groups in total. The van der Waals surface area contributed by atoms with E-state index in [-0.39, 0.29) is 6.10 Å². The van der Waals surface area contributed by atoms with E-state index in [2.05, 4.69) is 10.1 Å². The highest BCUT2D eigenvalue weighted by Gasteiger charge is 2.23. The molecule has 58 valence electrons. The topological polar surface area (TPSA) is 58.6 Å². The summed E-state index contributed by atoms with van der Waals surface area (Å²) in [4.78, 5) is 9.86. The van der Waals surface area contributed by atoms with Gasteiger partial charge in [0.15, 0.2) is 0 Å². The minimum absolute atomic E-state index is 0.355. The second kappa shape index (κ2) is 3.53. The molecule has 4 heteroatoms. The number of piperidine rings is 1. The molecule has 4 nitrogen and oxygen atoms in total. The number of carbonyl (C=O) groups is 1. The quantitative estimate of drug-likeness (QED) is 0.483. The Morgan fingerprint density at radius 1 is 1.70 bits per heavy atom. The molecule has 1 heterocycles. The molecule has 0 aromatic rings. The van der Waals surface area contributed by atoms with E-state index in [4.69, 9.17) is 0 Å². The van der Waals surface area contributed by atoms with Crippen LogP contribution in [0.1, 0.15) is 6.42 Å². The Labute approximate surface area is 59.2 Å².